The van der Waals surface area contributed by atoms with Crippen LogP contribution in [0, 0.1) is 13.8 Å². The summed E-state index contributed by atoms with van der Waals surface area (Å²) in [6.07, 6.45) is 0.316. The third-order valence-electron chi connectivity index (χ3n) is 2.96. The Bertz CT molecular complexity index is 630. The molecule has 2 rings (SSSR count). The van der Waals surface area contributed by atoms with Crippen LogP contribution in [-0.2, 0) is 11.2 Å². The quantitative estimate of drug-likeness (QED) is 0.922. The monoisotopic (exact) mass is 306 g/mol. The highest BCUT2D eigenvalue weighted by molar-refractivity contribution is 7.11. The van der Waals surface area contributed by atoms with Crippen LogP contribution in [-0.4, -0.2) is 25.1 Å². The van der Waals surface area contributed by atoms with E-state index in [0.717, 1.165) is 15.6 Å². The summed E-state index contributed by atoms with van der Waals surface area (Å²) in [5, 5.41) is 3.83. The molecule has 1 aromatic heterocycles. The van der Waals surface area contributed by atoms with Gasteiger partial charge in [0.15, 0.2) is 0 Å². The van der Waals surface area contributed by atoms with Crippen LogP contribution in [0.15, 0.2) is 18.2 Å². The van der Waals surface area contributed by atoms with Gasteiger partial charge in [0.1, 0.15) is 11.5 Å². The van der Waals surface area contributed by atoms with Crippen LogP contribution < -0.4 is 14.8 Å². The number of ether oxygens (including phenoxy) is 2. The van der Waals surface area contributed by atoms with E-state index in [1.165, 1.54) is 0 Å². The zero-order chi connectivity index (χ0) is 15.4. The SMILES string of the molecule is COc1cc(NC(=O)Cc2sc(C)nc2C)cc(OC)c1. The van der Waals surface area contributed by atoms with E-state index in [1.807, 2.05) is 13.8 Å². The van der Waals surface area contributed by atoms with Crippen molar-refractivity contribution in [1.82, 2.24) is 4.98 Å². The van der Waals surface area contributed by atoms with E-state index in [-0.39, 0.29) is 5.91 Å². The predicted molar refractivity (Wildman–Crippen MR) is 83.5 cm³/mol. The standard InChI is InChI=1S/C15H18N2O3S/c1-9-14(21-10(2)16-9)8-15(18)17-11-5-12(19-3)7-13(6-11)20-4/h5-7H,8H2,1-4H3,(H,17,18). The highest BCUT2D eigenvalue weighted by atomic mass is 32.1. The molecule has 1 aromatic carbocycles. The first-order chi connectivity index (χ1) is 10.0. The molecule has 0 spiro atoms. The van der Waals surface area contributed by atoms with Crippen LogP contribution in [0.5, 0.6) is 11.5 Å². The van der Waals surface area contributed by atoms with Gasteiger partial charge in [-0.3, -0.25) is 4.79 Å². The Morgan fingerprint density at radius 1 is 1.19 bits per heavy atom. The zero-order valence-corrected chi connectivity index (χ0v) is 13.3. The van der Waals surface area contributed by atoms with E-state index < -0.39 is 0 Å². The lowest BCUT2D eigenvalue weighted by Crippen LogP contribution is -2.14. The molecule has 0 aliphatic carbocycles. The molecule has 0 aliphatic rings. The van der Waals surface area contributed by atoms with E-state index in [1.54, 1.807) is 43.8 Å². The number of aromatic nitrogens is 1. The normalized spacial score (nSPS) is 10.3. The molecule has 21 heavy (non-hydrogen) atoms. The molecule has 5 nitrogen and oxygen atoms in total. The van der Waals surface area contributed by atoms with Crippen LogP contribution in [0.2, 0.25) is 0 Å². The van der Waals surface area contributed by atoms with E-state index in [0.29, 0.717) is 23.6 Å². The third-order valence-corrected chi connectivity index (χ3v) is 4.03. The molecular weight excluding hydrogens is 288 g/mol. The number of aryl methyl sites for hydroxylation is 2. The molecule has 1 heterocycles. The number of hydrogen-bond donors (Lipinski definition) is 1. The maximum absolute atomic E-state index is 12.1. The molecule has 0 unspecified atom stereocenters. The second-order valence-corrected chi connectivity index (χ2v) is 5.86. The molecular formula is C15H18N2O3S. The highest BCUT2D eigenvalue weighted by Gasteiger charge is 2.11. The topological polar surface area (TPSA) is 60.5 Å². The largest absolute Gasteiger partial charge is 0.497 e. The number of anilines is 1. The number of hydrogen-bond acceptors (Lipinski definition) is 5. The van der Waals surface area contributed by atoms with Gasteiger partial charge >= 0.3 is 0 Å². The van der Waals surface area contributed by atoms with Gasteiger partial charge in [-0.05, 0) is 13.8 Å². The average molecular weight is 306 g/mol. The molecule has 0 atom stereocenters. The van der Waals surface area contributed by atoms with Gasteiger partial charge in [-0.15, -0.1) is 11.3 Å². The van der Waals surface area contributed by atoms with Crippen molar-refractivity contribution in [3.63, 3.8) is 0 Å². The van der Waals surface area contributed by atoms with E-state index in [9.17, 15) is 4.79 Å². The minimum atomic E-state index is -0.0861. The lowest BCUT2D eigenvalue weighted by atomic mass is 10.2. The van der Waals surface area contributed by atoms with Crippen molar-refractivity contribution in [2.75, 3.05) is 19.5 Å². The highest BCUT2D eigenvalue weighted by Crippen LogP contribution is 2.26. The molecule has 1 N–H and O–H groups in total. The lowest BCUT2D eigenvalue weighted by molar-refractivity contribution is -0.115. The Labute approximate surface area is 127 Å². The Morgan fingerprint density at radius 2 is 1.81 bits per heavy atom. The first-order valence-electron chi connectivity index (χ1n) is 6.47. The molecule has 0 saturated carbocycles. The number of nitrogens with zero attached hydrogens (tertiary/aromatic N) is 1. The van der Waals surface area contributed by atoms with Crippen LogP contribution in [0.3, 0.4) is 0 Å². The number of amides is 1. The fourth-order valence-electron chi connectivity index (χ4n) is 1.97. The molecule has 0 aliphatic heterocycles. The van der Waals surface area contributed by atoms with E-state index in [4.69, 9.17) is 9.47 Å². The van der Waals surface area contributed by atoms with E-state index >= 15 is 0 Å². The van der Waals surface area contributed by atoms with Gasteiger partial charge in [-0.2, -0.15) is 0 Å². The summed E-state index contributed by atoms with van der Waals surface area (Å²) in [6, 6.07) is 5.27. The van der Waals surface area contributed by atoms with Crippen molar-refractivity contribution in [2.45, 2.75) is 20.3 Å². The smallest absolute Gasteiger partial charge is 0.229 e. The minimum absolute atomic E-state index is 0.0861. The van der Waals surface area contributed by atoms with Gasteiger partial charge in [0.05, 0.1) is 31.3 Å². The Morgan fingerprint density at radius 3 is 2.29 bits per heavy atom. The van der Waals surface area contributed by atoms with Gasteiger partial charge in [-0.25, -0.2) is 4.98 Å². The van der Waals surface area contributed by atoms with Crippen LogP contribution in [0.4, 0.5) is 5.69 Å². The summed E-state index contributed by atoms with van der Waals surface area (Å²) >= 11 is 1.55. The summed E-state index contributed by atoms with van der Waals surface area (Å²) in [5.74, 6) is 1.18. The zero-order valence-electron chi connectivity index (χ0n) is 12.5. The van der Waals surface area contributed by atoms with Gasteiger partial charge < -0.3 is 14.8 Å². The van der Waals surface area contributed by atoms with Gasteiger partial charge in [0.25, 0.3) is 0 Å². The first kappa shape index (κ1) is 15.3. The molecule has 0 saturated heterocycles. The number of rotatable bonds is 5. The fourth-order valence-corrected chi connectivity index (χ4v) is 2.90. The molecule has 0 radical (unpaired) electrons. The molecule has 1 amide bonds. The van der Waals surface area contributed by atoms with Gasteiger partial charge in [0.2, 0.25) is 5.91 Å². The summed E-state index contributed by atoms with van der Waals surface area (Å²) in [4.78, 5) is 17.4. The van der Waals surface area contributed by atoms with E-state index in [2.05, 4.69) is 10.3 Å². The minimum Gasteiger partial charge on any atom is -0.497 e. The predicted octanol–water partition coefficient (Wildman–Crippen LogP) is 2.96. The van der Waals surface area contributed by atoms with Crippen molar-refractivity contribution in [2.24, 2.45) is 0 Å². The second-order valence-electron chi connectivity index (χ2n) is 4.57. The number of carbonyl (C=O) groups excluding carboxylic acids is 1. The molecule has 0 fully saturated rings. The third kappa shape index (κ3) is 3.95. The number of methoxy groups -OCH3 is 2. The Hall–Kier alpha value is -2.08. The van der Waals surface area contributed by atoms with Crippen LogP contribution in [0.25, 0.3) is 0 Å². The van der Waals surface area contributed by atoms with Gasteiger partial charge in [-0.1, -0.05) is 0 Å². The summed E-state index contributed by atoms with van der Waals surface area (Å²) in [7, 11) is 3.15. The molecule has 6 heteroatoms. The second kappa shape index (κ2) is 6.58. The number of carbonyl (C=O) groups is 1. The number of nitrogens with one attached hydrogen (secondary N) is 1. The summed E-state index contributed by atoms with van der Waals surface area (Å²) in [5.41, 5.74) is 1.56. The maximum atomic E-state index is 12.1. The average Bonchev–Trinajstić information content (AvgIpc) is 2.76. The Balaban J connectivity index is 2.10. The van der Waals surface area contributed by atoms with Crippen LogP contribution in [0.1, 0.15) is 15.6 Å². The van der Waals surface area contributed by atoms with Crippen LogP contribution >= 0.6 is 11.3 Å². The number of thiazole rings is 1. The lowest BCUT2D eigenvalue weighted by Gasteiger charge is -2.09. The van der Waals surface area contributed by atoms with Crippen molar-refractivity contribution < 1.29 is 14.3 Å². The number of benzene rings is 1. The summed E-state index contributed by atoms with van der Waals surface area (Å²) in [6.45, 7) is 3.85. The maximum Gasteiger partial charge on any atom is 0.229 e. The first-order valence-corrected chi connectivity index (χ1v) is 7.29. The summed E-state index contributed by atoms with van der Waals surface area (Å²) < 4.78 is 10.4. The molecule has 0 bridgehead atoms. The van der Waals surface area contributed by atoms with Crippen molar-refractivity contribution >= 4 is 22.9 Å². The van der Waals surface area contributed by atoms with Crippen molar-refractivity contribution in [1.29, 1.82) is 0 Å². The molecule has 2 aromatic rings. The van der Waals surface area contributed by atoms with Crippen molar-refractivity contribution in [3.05, 3.63) is 33.8 Å². The van der Waals surface area contributed by atoms with Crippen molar-refractivity contribution in [3.8, 4) is 11.5 Å². The fraction of sp³-hybridized carbons (Fsp3) is 0.333. The van der Waals surface area contributed by atoms with Gasteiger partial charge in [0, 0.05) is 28.8 Å². The molecule has 112 valence electrons. The Kier molecular flexibility index (Phi) is 4.80.